The zero-order valence-corrected chi connectivity index (χ0v) is 15.7. The van der Waals surface area contributed by atoms with E-state index in [1.54, 1.807) is 6.92 Å². The summed E-state index contributed by atoms with van der Waals surface area (Å²) in [6.07, 6.45) is 0.0648. The van der Waals surface area contributed by atoms with Gasteiger partial charge in [-0.3, -0.25) is 4.79 Å². The van der Waals surface area contributed by atoms with Gasteiger partial charge in [0.05, 0.1) is 0 Å². The van der Waals surface area contributed by atoms with E-state index in [2.05, 4.69) is 0 Å². The molecule has 0 N–H and O–H groups in total. The van der Waals surface area contributed by atoms with Crippen molar-refractivity contribution in [3.8, 4) is 0 Å². The van der Waals surface area contributed by atoms with E-state index < -0.39 is 24.0 Å². The quantitative estimate of drug-likeness (QED) is 0.739. The van der Waals surface area contributed by atoms with E-state index >= 15 is 0 Å². The molecule has 3 rings (SSSR count). The van der Waals surface area contributed by atoms with Crippen LogP contribution in [-0.2, 0) is 32.3 Å². The van der Waals surface area contributed by atoms with Crippen LogP contribution in [0.2, 0.25) is 0 Å². The molecule has 0 unspecified atom stereocenters. The number of carbonyl (C=O) groups is 3. The number of ether oxygens (including phenoxy) is 2. The topological polar surface area (TPSA) is 72.9 Å². The second kappa shape index (κ2) is 9.17. The molecule has 6 heteroatoms. The largest absolute Gasteiger partial charge is 0.459 e. The second-order valence-electron chi connectivity index (χ2n) is 6.84. The summed E-state index contributed by atoms with van der Waals surface area (Å²) in [5.41, 5.74) is 1.64. The van der Waals surface area contributed by atoms with Gasteiger partial charge in [0.1, 0.15) is 19.3 Å². The van der Waals surface area contributed by atoms with Crippen molar-refractivity contribution in [1.29, 1.82) is 0 Å². The number of hydrogen-bond donors (Lipinski definition) is 0. The Balaban J connectivity index is 1.66. The molecule has 0 aliphatic carbocycles. The van der Waals surface area contributed by atoms with E-state index in [0.29, 0.717) is 12.8 Å². The van der Waals surface area contributed by atoms with Crippen LogP contribution in [0.5, 0.6) is 0 Å². The van der Waals surface area contributed by atoms with Crippen molar-refractivity contribution in [2.45, 2.75) is 39.0 Å². The Labute approximate surface area is 164 Å². The molecule has 1 fully saturated rings. The lowest BCUT2D eigenvalue weighted by atomic mass is 9.93. The number of carbonyl (C=O) groups excluding carboxylic acids is 3. The number of nitrogens with zero attached hydrogens (tertiary/aromatic N) is 1. The zero-order chi connectivity index (χ0) is 19.9. The SMILES string of the molecule is C[C@@H]1CC[C@@H](C(=O)OCc2ccccc2)N(C(=O)OCc2ccccc2)C1=O. The van der Waals surface area contributed by atoms with Gasteiger partial charge < -0.3 is 9.47 Å². The summed E-state index contributed by atoms with van der Waals surface area (Å²) < 4.78 is 10.6. The number of amides is 2. The van der Waals surface area contributed by atoms with Crippen LogP contribution in [-0.4, -0.2) is 28.9 Å². The first kappa shape index (κ1) is 19.6. The van der Waals surface area contributed by atoms with E-state index in [1.807, 2.05) is 60.7 Å². The molecule has 2 amide bonds. The summed E-state index contributed by atoms with van der Waals surface area (Å²) in [5, 5.41) is 0. The fraction of sp³-hybridized carbons (Fsp3) is 0.318. The van der Waals surface area contributed by atoms with E-state index in [-0.39, 0.29) is 19.1 Å². The summed E-state index contributed by atoms with van der Waals surface area (Å²) >= 11 is 0. The lowest BCUT2D eigenvalue weighted by Gasteiger charge is -2.34. The lowest BCUT2D eigenvalue weighted by molar-refractivity contribution is -0.159. The van der Waals surface area contributed by atoms with Crippen molar-refractivity contribution in [1.82, 2.24) is 4.90 Å². The fourth-order valence-electron chi connectivity index (χ4n) is 3.11. The molecule has 2 aromatic rings. The molecule has 146 valence electrons. The highest BCUT2D eigenvalue weighted by molar-refractivity contribution is 5.98. The van der Waals surface area contributed by atoms with Gasteiger partial charge in [-0.25, -0.2) is 14.5 Å². The monoisotopic (exact) mass is 381 g/mol. The average molecular weight is 381 g/mol. The first-order chi connectivity index (χ1) is 13.6. The lowest BCUT2D eigenvalue weighted by Crippen LogP contribution is -2.54. The van der Waals surface area contributed by atoms with Crippen molar-refractivity contribution in [2.75, 3.05) is 0 Å². The van der Waals surface area contributed by atoms with E-state index in [9.17, 15) is 14.4 Å². The van der Waals surface area contributed by atoms with Gasteiger partial charge >= 0.3 is 12.1 Å². The molecule has 0 spiro atoms. The predicted octanol–water partition coefficient (Wildman–Crippen LogP) is 3.69. The van der Waals surface area contributed by atoms with Gasteiger partial charge in [-0.05, 0) is 24.0 Å². The Bertz CT molecular complexity index is 821. The summed E-state index contributed by atoms with van der Waals surface area (Å²) in [6, 6.07) is 17.5. The van der Waals surface area contributed by atoms with Crippen molar-refractivity contribution < 1.29 is 23.9 Å². The third-order valence-corrected chi connectivity index (χ3v) is 4.74. The molecule has 0 bridgehead atoms. The number of rotatable bonds is 5. The third-order valence-electron chi connectivity index (χ3n) is 4.74. The van der Waals surface area contributed by atoms with Crippen molar-refractivity contribution >= 4 is 18.0 Å². The molecular formula is C22H23NO5. The summed E-state index contributed by atoms with van der Waals surface area (Å²) in [4.78, 5) is 38.7. The molecule has 1 aliphatic heterocycles. The third kappa shape index (κ3) is 4.76. The van der Waals surface area contributed by atoms with Crippen molar-refractivity contribution in [2.24, 2.45) is 5.92 Å². The fourth-order valence-corrected chi connectivity index (χ4v) is 3.11. The highest BCUT2D eigenvalue weighted by Gasteiger charge is 2.42. The summed E-state index contributed by atoms with van der Waals surface area (Å²) in [7, 11) is 0. The van der Waals surface area contributed by atoms with Gasteiger partial charge in [-0.2, -0.15) is 0 Å². The molecule has 1 saturated heterocycles. The minimum Gasteiger partial charge on any atom is -0.459 e. The van der Waals surface area contributed by atoms with Gasteiger partial charge in [-0.15, -0.1) is 0 Å². The van der Waals surface area contributed by atoms with Gasteiger partial charge in [0.15, 0.2) is 0 Å². The number of likely N-dealkylation sites (tertiary alicyclic amines) is 1. The van der Waals surface area contributed by atoms with E-state index in [0.717, 1.165) is 16.0 Å². The Morgan fingerprint density at radius 2 is 1.43 bits per heavy atom. The molecule has 6 nitrogen and oxygen atoms in total. The minimum absolute atomic E-state index is 0.0314. The van der Waals surface area contributed by atoms with Crippen molar-refractivity contribution in [3.63, 3.8) is 0 Å². The second-order valence-corrected chi connectivity index (χ2v) is 6.84. The van der Waals surface area contributed by atoms with Gasteiger partial charge in [-0.1, -0.05) is 67.6 Å². The predicted molar refractivity (Wildman–Crippen MR) is 102 cm³/mol. The molecule has 1 aliphatic rings. The van der Waals surface area contributed by atoms with Gasteiger partial charge in [0.2, 0.25) is 5.91 Å². The number of benzene rings is 2. The highest BCUT2D eigenvalue weighted by atomic mass is 16.6. The van der Waals surface area contributed by atoms with Gasteiger partial charge in [0.25, 0.3) is 0 Å². The van der Waals surface area contributed by atoms with Crippen LogP contribution in [0, 0.1) is 5.92 Å². The van der Waals surface area contributed by atoms with Gasteiger partial charge in [0, 0.05) is 5.92 Å². The Morgan fingerprint density at radius 1 is 0.893 bits per heavy atom. The van der Waals surface area contributed by atoms with Crippen LogP contribution in [0.25, 0.3) is 0 Å². The number of imide groups is 1. The van der Waals surface area contributed by atoms with Crippen LogP contribution in [0.1, 0.15) is 30.9 Å². The molecule has 0 saturated carbocycles. The Morgan fingerprint density at radius 3 is 2.00 bits per heavy atom. The molecule has 1 heterocycles. The normalized spacial score (nSPS) is 19.2. The molecular weight excluding hydrogens is 358 g/mol. The molecule has 0 aromatic heterocycles. The van der Waals surface area contributed by atoms with Crippen LogP contribution >= 0.6 is 0 Å². The summed E-state index contributed by atoms with van der Waals surface area (Å²) in [6.45, 7) is 1.86. The Hall–Kier alpha value is -3.15. The van der Waals surface area contributed by atoms with Crippen molar-refractivity contribution in [3.05, 3.63) is 71.8 Å². The standard InChI is InChI=1S/C22H23NO5/c1-16-12-13-19(21(25)27-14-17-8-4-2-5-9-17)23(20(16)24)22(26)28-15-18-10-6-3-7-11-18/h2-11,16,19H,12-15H2,1H3/t16-,19+/m1/s1. The minimum atomic E-state index is -0.962. The smallest absolute Gasteiger partial charge is 0.417 e. The molecule has 2 atom stereocenters. The highest BCUT2D eigenvalue weighted by Crippen LogP contribution is 2.25. The van der Waals surface area contributed by atoms with Crippen LogP contribution in [0.4, 0.5) is 4.79 Å². The van der Waals surface area contributed by atoms with Crippen LogP contribution in [0.3, 0.4) is 0 Å². The summed E-state index contributed by atoms with van der Waals surface area (Å²) in [5.74, 6) is -1.35. The molecule has 2 aromatic carbocycles. The number of esters is 1. The van der Waals surface area contributed by atoms with E-state index in [1.165, 1.54) is 0 Å². The molecule has 28 heavy (non-hydrogen) atoms. The van der Waals surface area contributed by atoms with E-state index in [4.69, 9.17) is 9.47 Å². The average Bonchev–Trinajstić information content (AvgIpc) is 2.73. The maximum atomic E-state index is 12.6. The van der Waals surface area contributed by atoms with Crippen LogP contribution in [0.15, 0.2) is 60.7 Å². The van der Waals surface area contributed by atoms with Crippen LogP contribution < -0.4 is 0 Å². The maximum Gasteiger partial charge on any atom is 0.417 e. The Kier molecular flexibility index (Phi) is 6.42. The zero-order valence-electron chi connectivity index (χ0n) is 15.7. The number of piperidine rings is 1. The molecule has 0 radical (unpaired) electrons. The number of hydrogen-bond acceptors (Lipinski definition) is 5. The first-order valence-corrected chi connectivity index (χ1v) is 9.30. The maximum absolute atomic E-state index is 12.6. The first-order valence-electron chi connectivity index (χ1n) is 9.30.